The van der Waals surface area contributed by atoms with Gasteiger partial charge < -0.3 is 14.6 Å². The van der Waals surface area contributed by atoms with Gasteiger partial charge in [0.2, 0.25) is 0 Å². The minimum Gasteiger partial charge on any atom is -0.463 e. The average Bonchev–Trinajstić information content (AvgIpc) is 3.33. The molecule has 1 N–H and O–H groups in total. The Morgan fingerprint density at radius 1 is 1.14 bits per heavy atom. The van der Waals surface area contributed by atoms with Crippen molar-refractivity contribution in [1.82, 2.24) is 19.6 Å². The van der Waals surface area contributed by atoms with E-state index in [2.05, 4.69) is 33.3 Å². The Labute approximate surface area is 164 Å². The Kier molecular flexibility index (Phi) is 5.27. The van der Waals surface area contributed by atoms with Crippen LogP contribution >= 0.6 is 0 Å². The number of carbonyl (C=O) groups excluding carboxylic acids is 1. The Balaban J connectivity index is 1.47. The number of carbonyl (C=O) groups is 1. The van der Waals surface area contributed by atoms with Crippen LogP contribution in [0.1, 0.15) is 15.9 Å². The zero-order valence-electron chi connectivity index (χ0n) is 16.3. The van der Waals surface area contributed by atoms with Gasteiger partial charge in [-0.25, -0.2) is 0 Å². The predicted molar refractivity (Wildman–Crippen MR) is 108 cm³/mol. The first-order valence-corrected chi connectivity index (χ1v) is 9.47. The number of hydrogen-bond acceptors (Lipinski definition) is 5. The lowest BCUT2D eigenvalue weighted by Gasteiger charge is -2.32. The number of amides is 1. The van der Waals surface area contributed by atoms with Crippen LogP contribution in [0.3, 0.4) is 0 Å². The Hall–Kier alpha value is -2.90. The number of likely N-dealkylation sites (N-methyl/N-ethyl adjacent to an activating group) is 1. The highest BCUT2D eigenvalue weighted by molar-refractivity contribution is 6.07. The van der Waals surface area contributed by atoms with Crippen LogP contribution in [0, 0.1) is 0 Å². The topological polar surface area (TPSA) is 66.5 Å². The van der Waals surface area contributed by atoms with E-state index in [9.17, 15) is 4.79 Å². The highest BCUT2D eigenvalue weighted by atomic mass is 16.3. The van der Waals surface area contributed by atoms with Crippen molar-refractivity contribution in [2.45, 2.75) is 6.54 Å². The maximum atomic E-state index is 12.9. The average molecular weight is 379 g/mol. The number of nitrogens with one attached hydrogen (secondary N) is 1. The molecule has 7 heteroatoms. The maximum absolute atomic E-state index is 12.9. The van der Waals surface area contributed by atoms with Gasteiger partial charge in [0, 0.05) is 51.7 Å². The van der Waals surface area contributed by atoms with Crippen LogP contribution in [0.4, 0.5) is 5.69 Å². The quantitative estimate of drug-likeness (QED) is 0.738. The van der Waals surface area contributed by atoms with Crippen LogP contribution in [0.25, 0.3) is 11.5 Å². The molecule has 0 spiro atoms. The summed E-state index contributed by atoms with van der Waals surface area (Å²) in [5.74, 6) is 0.380. The number of benzene rings is 1. The first-order valence-electron chi connectivity index (χ1n) is 9.47. The summed E-state index contributed by atoms with van der Waals surface area (Å²) in [6.07, 6.45) is 3.29. The van der Waals surface area contributed by atoms with E-state index in [-0.39, 0.29) is 5.91 Å². The number of aromatic nitrogens is 2. The number of nitrogens with zero attached hydrogens (tertiary/aromatic N) is 4. The van der Waals surface area contributed by atoms with E-state index in [1.54, 1.807) is 36.3 Å². The molecule has 3 heterocycles. The molecule has 1 fully saturated rings. The monoisotopic (exact) mass is 379 g/mol. The number of aryl methyl sites for hydroxylation is 1. The number of anilines is 1. The normalized spacial score (nSPS) is 15.6. The molecule has 0 bridgehead atoms. The first kappa shape index (κ1) is 18.5. The molecule has 7 nitrogen and oxygen atoms in total. The zero-order valence-corrected chi connectivity index (χ0v) is 16.3. The summed E-state index contributed by atoms with van der Waals surface area (Å²) < 4.78 is 7.04. The maximum Gasteiger partial charge on any atom is 0.259 e. The third-order valence-corrected chi connectivity index (χ3v) is 5.01. The second-order valence-corrected chi connectivity index (χ2v) is 7.28. The van der Waals surface area contributed by atoms with Crippen molar-refractivity contribution in [2.75, 3.05) is 38.5 Å². The molecule has 0 unspecified atom stereocenters. The minimum absolute atomic E-state index is 0.198. The summed E-state index contributed by atoms with van der Waals surface area (Å²) >= 11 is 0. The molecule has 0 saturated carbocycles. The number of piperazine rings is 1. The van der Waals surface area contributed by atoms with Crippen molar-refractivity contribution in [1.29, 1.82) is 0 Å². The van der Waals surface area contributed by atoms with Gasteiger partial charge in [-0.05, 0) is 36.9 Å². The van der Waals surface area contributed by atoms with Crippen molar-refractivity contribution in [3.63, 3.8) is 0 Å². The summed E-state index contributed by atoms with van der Waals surface area (Å²) in [4.78, 5) is 17.6. The molecule has 1 aliphatic heterocycles. The highest BCUT2D eigenvalue weighted by Gasteiger charge is 2.19. The Bertz CT molecular complexity index is 940. The van der Waals surface area contributed by atoms with Crippen molar-refractivity contribution in [2.24, 2.45) is 7.05 Å². The second-order valence-electron chi connectivity index (χ2n) is 7.28. The van der Waals surface area contributed by atoms with Gasteiger partial charge in [0.15, 0.2) is 5.76 Å². The fraction of sp³-hybridized carbons (Fsp3) is 0.333. The number of rotatable bonds is 5. The third kappa shape index (κ3) is 4.16. The van der Waals surface area contributed by atoms with Gasteiger partial charge in [0.25, 0.3) is 5.91 Å². The van der Waals surface area contributed by atoms with Crippen molar-refractivity contribution in [3.05, 3.63) is 60.0 Å². The van der Waals surface area contributed by atoms with E-state index in [4.69, 9.17) is 4.42 Å². The van der Waals surface area contributed by atoms with Gasteiger partial charge >= 0.3 is 0 Å². The molecular weight excluding hydrogens is 354 g/mol. The summed E-state index contributed by atoms with van der Waals surface area (Å²) in [7, 11) is 3.95. The molecule has 0 aliphatic carbocycles. The number of furan rings is 1. The van der Waals surface area contributed by atoms with E-state index >= 15 is 0 Å². The molecule has 3 aromatic rings. The van der Waals surface area contributed by atoms with Crippen LogP contribution < -0.4 is 5.32 Å². The first-order chi connectivity index (χ1) is 13.6. The molecule has 2 aromatic heterocycles. The fourth-order valence-corrected chi connectivity index (χ4v) is 3.46. The number of hydrogen-bond donors (Lipinski definition) is 1. The summed E-state index contributed by atoms with van der Waals surface area (Å²) in [6, 6.07) is 11.6. The van der Waals surface area contributed by atoms with Crippen LogP contribution in [0.15, 0.2) is 53.3 Å². The fourth-order valence-electron chi connectivity index (χ4n) is 3.46. The molecule has 1 aliphatic rings. The summed E-state index contributed by atoms with van der Waals surface area (Å²) in [6.45, 7) is 5.20. The Morgan fingerprint density at radius 2 is 1.96 bits per heavy atom. The van der Waals surface area contributed by atoms with Crippen molar-refractivity contribution in [3.8, 4) is 11.5 Å². The van der Waals surface area contributed by atoms with Crippen molar-refractivity contribution < 1.29 is 9.21 Å². The summed E-state index contributed by atoms with van der Waals surface area (Å²) in [5.41, 5.74) is 3.01. The van der Waals surface area contributed by atoms with Crippen LogP contribution in [0.2, 0.25) is 0 Å². The standard InChI is InChI=1S/C21H25N5O2/c1-24-8-10-26(11-9-24)14-16-5-3-6-17(13-16)22-21(27)18-15-25(2)23-20(18)19-7-4-12-28-19/h3-7,12-13,15H,8-11,14H2,1-2H3,(H,22,27). The lowest BCUT2D eigenvalue weighted by Crippen LogP contribution is -2.43. The van der Waals surface area contributed by atoms with Gasteiger partial charge in [-0.15, -0.1) is 0 Å². The van der Waals surface area contributed by atoms with Gasteiger partial charge in [0.1, 0.15) is 5.69 Å². The minimum atomic E-state index is -0.198. The molecular formula is C21H25N5O2. The van der Waals surface area contributed by atoms with Gasteiger partial charge in [0.05, 0.1) is 11.8 Å². The molecule has 1 saturated heterocycles. The van der Waals surface area contributed by atoms with Crippen LogP contribution in [0.5, 0.6) is 0 Å². The summed E-state index contributed by atoms with van der Waals surface area (Å²) in [5, 5.41) is 7.37. The third-order valence-electron chi connectivity index (χ3n) is 5.01. The predicted octanol–water partition coefficient (Wildman–Crippen LogP) is 2.68. The molecule has 0 radical (unpaired) electrons. The lowest BCUT2D eigenvalue weighted by atomic mass is 10.1. The van der Waals surface area contributed by atoms with E-state index in [0.29, 0.717) is 17.0 Å². The van der Waals surface area contributed by atoms with E-state index in [0.717, 1.165) is 38.4 Å². The molecule has 1 aromatic carbocycles. The second kappa shape index (κ2) is 8.00. The van der Waals surface area contributed by atoms with Crippen LogP contribution in [-0.2, 0) is 13.6 Å². The molecule has 1 amide bonds. The van der Waals surface area contributed by atoms with Crippen LogP contribution in [-0.4, -0.2) is 58.7 Å². The van der Waals surface area contributed by atoms with E-state index < -0.39 is 0 Å². The van der Waals surface area contributed by atoms with Crippen molar-refractivity contribution >= 4 is 11.6 Å². The molecule has 28 heavy (non-hydrogen) atoms. The highest BCUT2D eigenvalue weighted by Crippen LogP contribution is 2.23. The van der Waals surface area contributed by atoms with E-state index in [1.165, 1.54) is 5.56 Å². The Morgan fingerprint density at radius 3 is 2.71 bits per heavy atom. The molecule has 0 atom stereocenters. The lowest BCUT2D eigenvalue weighted by molar-refractivity contribution is 0.102. The SMILES string of the molecule is CN1CCN(Cc2cccc(NC(=O)c3cn(C)nc3-c3ccco3)c2)CC1. The molecule has 4 rings (SSSR count). The van der Waals surface area contributed by atoms with Gasteiger partial charge in [-0.3, -0.25) is 14.4 Å². The van der Waals surface area contributed by atoms with E-state index in [1.807, 2.05) is 18.2 Å². The van der Waals surface area contributed by atoms with Gasteiger partial charge in [-0.1, -0.05) is 12.1 Å². The largest absolute Gasteiger partial charge is 0.463 e. The zero-order chi connectivity index (χ0) is 19.5. The smallest absolute Gasteiger partial charge is 0.259 e. The molecule has 146 valence electrons. The van der Waals surface area contributed by atoms with Gasteiger partial charge in [-0.2, -0.15) is 5.10 Å².